The number of carbonyl (C=O) groups is 1. The maximum Gasteiger partial charge on any atom is 0.410 e. The number of benzene rings is 1. The van der Waals surface area contributed by atoms with Crippen LogP contribution in [-0.4, -0.2) is 52.7 Å². The third-order valence-electron chi connectivity index (χ3n) is 5.43. The molecular formula is C26H30FN5O2. The van der Waals surface area contributed by atoms with Gasteiger partial charge in [-0.3, -0.25) is 0 Å². The quantitative estimate of drug-likeness (QED) is 0.577. The van der Waals surface area contributed by atoms with Gasteiger partial charge in [0.2, 0.25) is 0 Å². The van der Waals surface area contributed by atoms with Crippen LogP contribution in [0.1, 0.15) is 26.3 Å². The molecule has 1 aliphatic heterocycles. The number of piperazine rings is 1. The zero-order chi connectivity index (χ0) is 24.1. The lowest BCUT2D eigenvalue weighted by atomic mass is 10.2. The number of aromatic nitrogens is 2. The first-order valence-electron chi connectivity index (χ1n) is 11.4. The molecule has 0 aliphatic carbocycles. The fourth-order valence-corrected chi connectivity index (χ4v) is 3.66. The first kappa shape index (κ1) is 23.5. The topological polar surface area (TPSA) is 70.6 Å². The first-order chi connectivity index (χ1) is 16.3. The van der Waals surface area contributed by atoms with E-state index in [0.29, 0.717) is 32.7 Å². The van der Waals surface area contributed by atoms with Gasteiger partial charge in [-0.2, -0.15) is 0 Å². The molecule has 8 heteroatoms. The minimum atomic E-state index is -0.493. The summed E-state index contributed by atoms with van der Waals surface area (Å²) in [7, 11) is 0. The largest absolute Gasteiger partial charge is 0.444 e. The zero-order valence-corrected chi connectivity index (χ0v) is 19.8. The van der Waals surface area contributed by atoms with Gasteiger partial charge in [0.05, 0.1) is 5.69 Å². The SMILES string of the molecule is CC(C)(C)OC(=O)N1CCN(c2ccc(-c3cccc(NCc4ccc(F)cc4)n3)cn2)CC1. The van der Waals surface area contributed by atoms with Crippen molar-refractivity contribution in [3.8, 4) is 11.3 Å². The van der Waals surface area contributed by atoms with Crippen molar-refractivity contribution < 1.29 is 13.9 Å². The summed E-state index contributed by atoms with van der Waals surface area (Å²) in [6.07, 6.45) is 1.55. The lowest BCUT2D eigenvalue weighted by Gasteiger charge is -2.36. The molecule has 3 aromatic rings. The maximum atomic E-state index is 13.1. The second-order valence-corrected chi connectivity index (χ2v) is 9.25. The second-order valence-electron chi connectivity index (χ2n) is 9.25. The van der Waals surface area contributed by atoms with E-state index in [1.807, 2.05) is 57.3 Å². The van der Waals surface area contributed by atoms with Gasteiger partial charge in [-0.1, -0.05) is 18.2 Å². The molecule has 0 saturated carbocycles. The second kappa shape index (κ2) is 10.1. The van der Waals surface area contributed by atoms with Gasteiger partial charge in [-0.15, -0.1) is 0 Å². The molecule has 1 aliphatic rings. The number of carbonyl (C=O) groups excluding carboxylic acids is 1. The molecule has 7 nitrogen and oxygen atoms in total. The van der Waals surface area contributed by atoms with E-state index >= 15 is 0 Å². The van der Waals surface area contributed by atoms with Crippen molar-refractivity contribution in [2.45, 2.75) is 32.9 Å². The van der Waals surface area contributed by atoms with Crippen LogP contribution in [0, 0.1) is 5.82 Å². The smallest absolute Gasteiger partial charge is 0.410 e. The van der Waals surface area contributed by atoms with Crippen LogP contribution in [0.2, 0.25) is 0 Å². The van der Waals surface area contributed by atoms with Crippen molar-refractivity contribution in [1.29, 1.82) is 0 Å². The van der Waals surface area contributed by atoms with Crippen LogP contribution in [-0.2, 0) is 11.3 Å². The van der Waals surface area contributed by atoms with Gasteiger partial charge < -0.3 is 19.9 Å². The number of pyridine rings is 2. The van der Waals surface area contributed by atoms with Crippen molar-refractivity contribution in [3.63, 3.8) is 0 Å². The first-order valence-corrected chi connectivity index (χ1v) is 11.4. The summed E-state index contributed by atoms with van der Waals surface area (Å²) in [4.78, 5) is 25.5. The molecule has 34 heavy (non-hydrogen) atoms. The van der Waals surface area contributed by atoms with E-state index in [-0.39, 0.29) is 11.9 Å². The normalized spacial score (nSPS) is 14.1. The van der Waals surface area contributed by atoms with Gasteiger partial charge >= 0.3 is 6.09 Å². The minimum absolute atomic E-state index is 0.246. The van der Waals surface area contributed by atoms with Crippen molar-refractivity contribution in [2.75, 3.05) is 36.4 Å². The Morgan fingerprint density at radius 2 is 1.76 bits per heavy atom. The zero-order valence-electron chi connectivity index (χ0n) is 19.8. The predicted octanol–water partition coefficient (Wildman–Crippen LogP) is 4.95. The number of nitrogens with zero attached hydrogens (tertiary/aromatic N) is 4. The molecule has 0 radical (unpaired) electrons. The molecule has 0 unspecified atom stereocenters. The molecule has 0 spiro atoms. The van der Waals surface area contributed by atoms with E-state index < -0.39 is 5.60 Å². The van der Waals surface area contributed by atoms with Crippen molar-refractivity contribution in [1.82, 2.24) is 14.9 Å². The van der Waals surface area contributed by atoms with E-state index in [1.54, 1.807) is 17.0 Å². The Hall–Kier alpha value is -3.68. The summed E-state index contributed by atoms with van der Waals surface area (Å²) < 4.78 is 18.5. The van der Waals surface area contributed by atoms with Gasteiger partial charge in [0, 0.05) is 44.5 Å². The lowest BCUT2D eigenvalue weighted by molar-refractivity contribution is 0.0240. The Morgan fingerprint density at radius 1 is 1.03 bits per heavy atom. The van der Waals surface area contributed by atoms with Gasteiger partial charge in [0.25, 0.3) is 0 Å². The van der Waals surface area contributed by atoms with Crippen molar-refractivity contribution >= 4 is 17.7 Å². The van der Waals surface area contributed by atoms with Crippen LogP contribution in [0.5, 0.6) is 0 Å². The summed E-state index contributed by atoms with van der Waals surface area (Å²) in [5.74, 6) is 1.37. The van der Waals surface area contributed by atoms with E-state index in [1.165, 1.54) is 12.1 Å². The van der Waals surface area contributed by atoms with Gasteiger partial charge in [0.15, 0.2) is 0 Å². The number of nitrogens with one attached hydrogen (secondary N) is 1. The molecule has 0 atom stereocenters. The van der Waals surface area contributed by atoms with Crippen molar-refractivity contribution in [3.05, 3.63) is 72.2 Å². The molecule has 1 amide bonds. The van der Waals surface area contributed by atoms with Crippen LogP contribution in [0.3, 0.4) is 0 Å². The summed E-state index contributed by atoms with van der Waals surface area (Å²) >= 11 is 0. The average Bonchev–Trinajstić information content (AvgIpc) is 2.83. The van der Waals surface area contributed by atoms with E-state index in [4.69, 9.17) is 4.74 Å². The highest BCUT2D eigenvalue weighted by atomic mass is 19.1. The van der Waals surface area contributed by atoms with Crippen molar-refractivity contribution in [2.24, 2.45) is 0 Å². The molecule has 4 rings (SSSR count). The van der Waals surface area contributed by atoms with Crippen LogP contribution < -0.4 is 10.2 Å². The standard InChI is InChI=1S/C26H30FN5O2/c1-26(2,3)34-25(33)32-15-13-31(14-16-32)24-12-9-20(18-29-24)22-5-4-6-23(30-22)28-17-19-7-10-21(27)11-8-19/h4-12,18H,13-17H2,1-3H3,(H,28,30). The summed E-state index contributed by atoms with van der Waals surface area (Å²) in [5.41, 5.74) is 2.22. The van der Waals surface area contributed by atoms with Gasteiger partial charge in [-0.05, 0) is 62.7 Å². The summed E-state index contributed by atoms with van der Waals surface area (Å²) in [6.45, 7) is 8.78. The lowest BCUT2D eigenvalue weighted by Crippen LogP contribution is -2.50. The van der Waals surface area contributed by atoms with E-state index in [9.17, 15) is 9.18 Å². The van der Waals surface area contributed by atoms with Gasteiger partial charge in [-0.25, -0.2) is 19.2 Å². The summed E-state index contributed by atoms with van der Waals surface area (Å²) in [5, 5.41) is 3.28. The number of hydrogen-bond acceptors (Lipinski definition) is 6. The van der Waals surface area contributed by atoms with E-state index in [0.717, 1.165) is 28.5 Å². The third-order valence-corrected chi connectivity index (χ3v) is 5.43. The van der Waals surface area contributed by atoms with Crippen LogP contribution in [0.15, 0.2) is 60.8 Å². The molecular weight excluding hydrogens is 433 g/mol. The molecule has 0 bridgehead atoms. The maximum absolute atomic E-state index is 13.1. The molecule has 1 fully saturated rings. The fourth-order valence-electron chi connectivity index (χ4n) is 3.66. The highest BCUT2D eigenvalue weighted by Gasteiger charge is 2.26. The number of anilines is 2. The predicted molar refractivity (Wildman–Crippen MR) is 131 cm³/mol. The van der Waals surface area contributed by atoms with Gasteiger partial charge in [0.1, 0.15) is 23.1 Å². The fraction of sp³-hybridized carbons (Fsp3) is 0.346. The van der Waals surface area contributed by atoms with Crippen LogP contribution in [0.4, 0.5) is 20.8 Å². The monoisotopic (exact) mass is 463 g/mol. The minimum Gasteiger partial charge on any atom is -0.444 e. The molecule has 1 N–H and O–H groups in total. The van der Waals surface area contributed by atoms with E-state index in [2.05, 4.69) is 20.2 Å². The van der Waals surface area contributed by atoms with Crippen LogP contribution >= 0.6 is 0 Å². The number of amides is 1. The Labute approximate surface area is 199 Å². The number of hydrogen-bond donors (Lipinski definition) is 1. The highest BCUT2D eigenvalue weighted by Crippen LogP contribution is 2.22. The Balaban J connectivity index is 1.34. The Kier molecular flexibility index (Phi) is 6.95. The molecule has 178 valence electrons. The molecule has 1 saturated heterocycles. The molecule has 1 aromatic carbocycles. The Morgan fingerprint density at radius 3 is 2.41 bits per heavy atom. The number of halogens is 1. The molecule has 3 heterocycles. The number of rotatable bonds is 5. The highest BCUT2D eigenvalue weighted by molar-refractivity contribution is 5.68. The number of ether oxygens (including phenoxy) is 1. The molecule has 2 aromatic heterocycles. The van der Waals surface area contributed by atoms with Crippen LogP contribution in [0.25, 0.3) is 11.3 Å². The Bertz CT molecular complexity index is 1110. The third kappa shape index (κ3) is 6.21. The average molecular weight is 464 g/mol. The summed E-state index contributed by atoms with van der Waals surface area (Å²) in [6, 6.07) is 16.2.